The van der Waals surface area contributed by atoms with Crippen LogP contribution in [0, 0.1) is 5.92 Å². The molecule has 0 aromatic heterocycles. The van der Waals surface area contributed by atoms with Crippen LogP contribution in [0.15, 0.2) is 0 Å². The van der Waals surface area contributed by atoms with Gasteiger partial charge in [-0.2, -0.15) is 0 Å². The normalized spacial score (nSPS) is 19.1. The van der Waals surface area contributed by atoms with Gasteiger partial charge in [-0.3, -0.25) is 4.79 Å². The third kappa shape index (κ3) is 4.67. The smallest absolute Gasteiger partial charge is 0.317 e. The van der Waals surface area contributed by atoms with Gasteiger partial charge in [-0.25, -0.2) is 4.79 Å². The molecule has 20 heavy (non-hydrogen) atoms. The van der Waals surface area contributed by atoms with E-state index in [4.69, 9.17) is 9.84 Å². The molecular formula is C14H26N2O4. The summed E-state index contributed by atoms with van der Waals surface area (Å²) in [5, 5.41) is 11.7. The van der Waals surface area contributed by atoms with Crippen LogP contribution >= 0.6 is 0 Å². The third-order valence-electron chi connectivity index (χ3n) is 4.08. The quantitative estimate of drug-likeness (QED) is 0.779. The highest BCUT2D eigenvalue weighted by atomic mass is 16.5. The number of carbonyl (C=O) groups excluding carboxylic acids is 1. The first kappa shape index (κ1) is 16.8. The maximum atomic E-state index is 12.0. The van der Waals surface area contributed by atoms with Gasteiger partial charge in [-0.1, -0.05) is 26.2 Å². The summed E-state index contributed by atoms with van der Waals surface area (Å²) < 4.78 is 5.60. The van der Waals surface area contributed by atoms with Crippen LogP contribution < -0.4 is 5.32 Å². The lowest BCUT2D eigenvalue weighted by Crippen LogP contribution is -2.49. The van der Waals surface area contributed by atoms with Crippen molar-refractivity contribution in [3.63, 3.8) is 0 Å². The second-order valence-electron chi connectivity index (χ2n) is 5.73. The second kappa shape index (κ2) is 7.47. The van der Waals surface area contributed by atoms with Crippen LogP contribution in [0.3, 0.4) is 0 Å². The molecule has 1 saturated carbocycles. The van der Waals surface area contributed by atoms with Crippen molar-refractivity contribution >= 4 is 12.0 Å². The van der Waals surface area contributed by atoms with Crippen LogP contribution in [0.4, 0.5) is 4.79 Å². The van der Waals surface area contributed by atoms with Gasteiger partial charge in [-0.05, 0) is 12.8 Å². The Balaban J connectivity index is 2.43. The fourth-order valence-corrected chi connectivity index (χ4v) is 2.59. The summed E-state index contributed by atoms with van der Waals surface area (Å²) in [6.45, 7) is 2.26. The summed E-state index contributed by atoms with van der Waals surface area (Å²) in [6.07, 6.45) is 5.37. The van der Waals surface area contributed by atoms with Crippen LogP contribution in [-0.4, -0.2) is 54.9 Å². The van der Waals surface area contributed by atoms with Crippen LogP contribution in [0.5, 0.6) is 0 Å². The predicted octanol–water partition coefficient (Wildman–Crippen LogP) is 1.70. The van der Waals surface area contributed by atoms with Crippen molar-refractivity contribution in [2.75, 3.05) is 27.2 Å². The largest absolute Gasteiger partial charge is 0.481 e. The molecule has 0 aromatic rings. The van der Waals surface area contributed by atoms with E-state index < -0.39 is 11.9 Å². The number of urea groups is 1. The van der Waals surface area contributed by atoms with Gasteiger partial charge >= 0.3 is 12.0 Å². The zero-order valence-electron chi connectivity index (χ0n) is 12.6. The maximum Gasteiger partial charge on any atom is 0.317 e. The van der Waals surface area contributed by atoms with E-state index in [1.165, 1.54) is 11.3 Å². The number of nitrogens with zero attached hydrogens (tertiary/aromatic N) is 1. The Hall–Kier alpha value is -1.30. The minimum atomic E-state index is -0.898. The van der Waals surface area contributed by atoms with Crippen molar-refractivity contribution in [2.24, 2.45) is 5.92 Å². The first-order valence-corrected chi connectivity index (χ1v) is 7.17. The first-order valence-electron chi connectivity index (χ1n) is 7.17. The van der Waals surface area contributed by atoms with Gasteiger partial charge in [0, 0.05) is 27.2 Å². The van der Waals surface area contributed by atoms with Crippen LogP contribution in [0.25, 0.3) is 0 Å². The summed E-state index contributed by atoms with van der Waals surface area (Å²) >= 11 is 0. The van der Waals surface area contributed by atoms with Gasteiger partial charge in [0.1, 0.15) is 0 Å². The zero-order chi connectivity index (χ0) is 15.2. The fourth-order valence-electron chi connectivity index (χ4n) is 2.59. The zero-order valence-corrected chi connectivity index (χ0v) is 12.6. The van der Waals surface area contributed by atoms with Crippen LogP contribution in [-0.2, 0) is 9.53 Å². The molecular weight excluding hydrogens is 260 g/mol. The molecule has 0 aliphatic heterocycles. The molecule has 0 spiro atoms. The number of methoxy groups -OCH3 is 1. The van der Waals surface area contributed by atoms with E-state index in [1.54, 1.807) is 21.1 Å². The number of carboxylic acid groups (broad SMARTS) is 1. The van der Waals surface area contributed by atoms with E-state index in [2.05, 4.69) is 5.32 Å². The Morgan fingerprint density at radius 2 is 1.95 bits per heavy atom. The molecule has 1 atom stereocenters. The lowest BCUT2D eigenvalue weighted by atomic mass is 9.84. The van der Waals surface area contributed by atoms with E-state index in [1.807, 2.05) is 0 Å². The summed E-state index contributed by atoms with van der Waals surface area (Å²) in [5.41, 5.74) is -0.257. The molecule has 1 rings (SSSR count). The second-order valence-corrected chi connectivity index (χ2v) is 5.73. The van der Waals surface area contributed by atoms with Crippen molar-refractivity contribution in [1.82, 2.24) is 10.2 Å². The topological polar surface area (TPSA) is 78.9 Å². The molecule has 0 heterocycles. The van der Waals surface area contributed by atoms with Gasteiger partial charge in [0.2, 0.25) is 0 Å². The van der Waals surface area contributed by atoms with Crippen LogP contribution in [0.2, 0.25) is 0 Å². The lowest BCUT2D eigenvalue weighted by molar-refractivity contribution is -0.141. The van der Waals surface area contributed by atoms with E-state index in [9.17, 15) is 9.59 Å². The summed E-state index contributed by atoms with van der Waals surface area (Å²) in [5.74, 6) is -1.47. The Bertz CT molecular complexity index is 340. The molecule has 2 amide bonds. The molecule has 1 fully saturated rings. The van der Waals surface area contributed by atoms with E-state index >= 15 is 0 Å². The SMILES string of the molecule is COC1(CNC(=O)N(C)CC(C)C(=O)O)CCCCC1. The number of hydrogen-bond acceptors (Lipinski definition) is 3. The van der Waals surface area contributed by atoms with Gasteiger partial charge in [-0.15, -0.1) is 0 Å². The first-order chi connectivity index (χ1) is 9.40. The monoisotopic (exact) mass is 286 g/mol. The standard InChI is InChI=1S/C14H26N2O4/c1-11(12(17)18)9-16(2)13(19)15-10-14(20-3)7-5-4-6-8-14/h11H,4-10H2,1-3H3,(H,15,19)(H,17,18). The third-order valence-corrected chi connectivity index (χ3v) is 4.08. The minimum absolute atomic E-state index is 0.196. The number of amides is 2. The molecule has 1 aliphatic rings. The van der Waals surface area contributed by atoms with Gasteiger partial charge in [0.25, 0.3) is 0 Å². The molecule has 2 N–H and O–H groups in total. The van der Waals surface area contributed by atoms with Gasteiger partial charge in [0.15, 0.2) is 0 Å². The number of aliphatic carboxylic acids is 1. The summed E-state index contributed by atoms with van der Waals surface area (Å²) in [6, 6.07) is -0.250. The number of ether oxygens (including phenoxy) is 1. The molecule has 6 nitrogen and oxygen atoms in total. The summed E-state index contributed by atoms with van der Waals surface area (Å²) in [4.78, 5) is 24.2. The molecule has 1 aliphatic carbocycles. The molecule has 0 aromatic carbocycles. The number of carbonyl (C=O) groups is 2. The number of hydrogen-bond donors (Lipinski definition) is 2. The number of carboxylic acids is 1. The fraction of sp³-hybridized carbons (Fsp3) is 0.857. The minimum Gasteiger partial charge on any atom is -0.481 e. The highest BCUT2D eigenvalue weighted by Gasteiger charge is 2.32. The molecule has 116 valence electrons. The van der Waals surface area contributed by atoms with Crippen molar-refractivity contribution in [3.8, 4) is 0 Å². The Morgan fingerprint density at radius 1 is 1.35 bits per heavy atom. The predicted molar refractivity (Wildman–Crippen MR) is 75.7 cm³/mol. The van der Waals surface area contributed by atoms with E-state index in [0.717, 1.165) is 25.7 Å². The molecule has 0 radical (unpaired) electrons. The van der Waals surface area contributed by atoms with Gasteiger partial charge < -0.3 is 20.1 Å². The Kier molecular flexibility index (Phi) is 6.26. The van der Waals surface area contributed by atoms with E-state index in [-0.39, 0.29) is 18.2 Å². The molecule has 0 saturated heterocycles. The molecule has 0 bridgehead atoms. The number of rotatable bonds is 6. The van der Waals surface area contributed by atoms with E-state index in [0.29, 0.717) is 6.54 Å². The summed E-state index contributed by atoms with van der Waals surface area (Å²) in [7, 11) is 3.29. The average Bonchev–Trinajstić information content (AvgIpc) is 2.45. The van der Waals surface area contributed by atoms with Crippen molar-refractivity contribution in [2.45, 2.75) is 44.6 Å². The highest BCUT2D eigenvalue weighted by Crippen LogP contribution is 2.30. The molecule has 1 unspecified atom stereocenters. The maximum absolute atomic E-state index is 12.0. The van der Waals surface area contributed by atoms with Crippen molar-refractivity contribution in [1.29, 1.82) is 0 Å². The Labute approximate surface area is 120 Å². The number of nitrogens with one attached hydrogen (secondary N) is 1. The average molecular weight is 286 g/mol. The Morgan fingerprint density at radius 3 is 2.45 bits per heavy atom. The van der Waals surface area contributed by atoms with Crippen molar-refractivity contribution < 1.29 is 19.4 Å². The highest BCUT2D eigenvalue weighted by molar-refractivity contribution is 5.75. The molecule has 6 heteroatoms. The van der Waals surface area contributed by atoms with Crippen LogP contribution in [0.1, 0.15) is 39.0 Å². The van der Waals surface area contributed by atoms with Gasteiger partial charge in [0.05, 0.1) is 11.5 Å². The van der Waals surface area contributed by atoms with Crippen molar-refractivity contribution in [3.05, 3.63) is 0 Å². The lowest BCUT2D eigenvalue weighted by Gasteiger charge is -2.36.